The van der Waals surface area contributed by atoms with Gasteiger partial charge in [-0.25, -0.2) is 8.42 Å². The molecule has 2 unspecified atom stereocenters. The van der Waals surface area contributed by atoms with Gasteiger partial charge in [-0.15, -0.1) is 11.3 Å². The first kappa shape index (κ1) is 21.3. The first-order valence-corrected chi connectivity index (χ1v) is 12.6. The standard InChI is InChI=1S/C22H28N2O4S2/c1-15-8-9-19-17(12-15)18(13-22(2,3)28-19)23-21(25)16-6-4-10-24(14-16)30(26,27)20-7-5-11-29-20/h5,7-9,11-12,16,18H,4,6,10,13-14H2,1-3H3,(H,23,25). The zero-order chi connectivity index (χ0) is 21.5. The van der Waals surface area contributed by atoms with Crippen LogP contribution in [-0.4, -0.2) is 37.3 Å². The van der Waals surface area contributed by atoms with Crippen molar-refractivity contribution in [2.75, 3.05) is 13.1 Å². The molecule has 162 valence electrons. The Morgan fingerprint density at radius 3 is 2.83 bits per heavy atom. The quantitative estimate of drug-likeness (QED) is 0.770. The summed E-state index contributed by atoms with van der Waals surface area (Å²) in [5.74, 6) is 0.358. The number of fused-ring (bicyclic) bond motifs is 1. The van der Waals surface area contributed by atoms with E-state index in [1.165, 1.54) is 15.6 Å². The van der Waals surface area contributed by atoms with Crippen molar-refractivity contribution >= 4 is 27.3 Å². The van der Waals surface area contributed by atoms with Gasteiger partial charge >= 0.3 is 0 Å². The summed E-state index contributed by atoms with van der Waals surface area (Å²) >= 11 is 1.21. The summed E-state index contributed by atoms with van der Waals surface area (Å²) in [7, 11) is -3.54. The first-order chi connectivity index (χ1) is 14.2. The fraction of sp³-hybridized carbons (Fsp3) is 0.500. The van der Waals surface area contributed by atoms with E-state index in [1.807, 2.05) is 32.9 Å². The number of rotatable bonds is 4. The maximum Gasteiger partial charge on any atom is 0.252 e. The molecule has 2 aromatic rings. The highest BCUT2D eigenvalue weighted by atomic mass is 32.2. The van der Waals surface area contributed by atoms with E-state index in [1.54, 1.807) is 17.5 Å². The lowest BCUT2D eigenvalue weighted by molar-refractivity contribution is -0.127. The Hall–Kier alpha value is -1.90. The van der Waals surface area contributed by atoms with Gasteiger partial charge in [-0.3, -0.25) is 4.79 Å². The molecule has 1 N–H and O–H groups in total. The number of sulfonamides is 1. The van der Waals surface area contributed by atoms with Crippen LogP contribution in [0.15, 0.2) is 39.9 Å². The molecule has 1 amide bonds. The molecule has 1 aromatic carbocycles. The van der Waals surface area contributed by atoms with Crippen molar-refractivity contribution in [3.05, 3.63) is 46.8 Å². The van der Waals surface area contributed by atoms with Crippen molar-refractivity contribution in [2.45, 2.75) is 55.9 Å². The molecular weight excluding hydrogens is 420 g/mol. The van der Waals surface area contributed by atoms with Gasteiger partial charge in [-0.2, -0.15) is 4.31 Å². The van der Waals surface area contributed by atoms with Crippen molar-refractivity contribution in [1.29, 1.82) is 0 Å². The van der Waals surface area contributed by atoms with Gasteiger partial charge in [0.2, 0.25) is 5.91 Å². The monoisotopic (exact) mass is 448 g/mol. The molecule has 0 radical (unpaired) electrons. The summed E-state index contributed by atoms with van der Waals surface area (Å²) in [4.78, 5) is 13.2. The maximum atomic E-state index is 13.2. The van der Waals surface area contributed by atoms with Crippen molar-refractivity contribution in [1.82, 2.24) is 9.62 Å². The lowest BCUT2D eigenvalue weighted by atomic mass is 9.88. The summed E-state index contributed by atoms with van der Waals surface area (Å²) in [5, 5.41) is 4.95. The molecule has 8 heteroatoms. The van der Waals surface area contributed by atoms with E-state index in [2.05, 4.69) is 11.4 Å². The second-order valence-electron chi connectivity index (χ2n) is 8.80. The van der Waals surface area contributed by atoms with Crippen LogP contribution in [0.1, 0.15) is 50.3 Å². The summed E-state index contributed by atoms with van der Waals surface area (Å²) in [6.45, 7) is 6.73. The molecule has 0 saturated carbocycles. The third kappa shape index (κ3) is 4.26. The number of hydrogen-bond donors (Lipinski definition) is 1. The molecule has 1 aromatic heterocycles. The molecule has 1 fully saturated rings. The van der Waals surface area contributed by atoms with E-state index < -0.39 is 10.0 Å². The Kier molecular flexibility index (Phi) is 5.67. The van der Waals surface area contributed by atoms with Crippen molar-refractivity contribution < 1.29 is 17.9 Å². The molecule has 1 saturated heterocycles. The molecular formula is C22H28N2O4S2. The lowest BCUT2D eigenvalue weighted by Crippen LogP contribution is -2.47. The first-order valence-electron chi connectivity index (χ1n) is 10.3. The van der Waals surface area contributed by atoms with Crippen molar-refractivity contribution in [2.24, 2.45) is 5.92 Å². The SMILES string of the molecule is Cc1ccc2c(c1)C(NC(=O)C1CCCN(S(=O)(=O)c3cccs3)C1)CC(C)(C)O2. The number of nitrogens with one attached hydrogen (secondary N) is 1. The molecule has 0 spiro atoms. The highest BCUT2D eigenvalue weighted by molar-refractivity contribution is 7.91. The van der Waals surface area contributed by atoms with E-state index in [0.29, 0.717) is 30.0 Å². The van der Waals surface area contributed by atoms with E-state index in [-0.39, 0.29) is 30.0 Å². The highest BCUT2D eigenvalue weighted by Crippen LogP contribution is 2.40. The van der Waals surface area contributed by atoms with E-state index in [4.69, 9.17) is 4.74 Å². The number of hydrogen-bond acceptors (Lipinski definition) is 5. The number of benzene rings is 1. The van der Waals surface area contributed by atoms with Gasteiger partial charge in [0.1, 0.15) is 15.6 Å². The third-order valence-electron chi connectivity index (χ3n) is 5.78. The van der Waals surface area contributed by atoms with Crippen LogP contribution < -0.4 is 10.1 Å². The van der Waals surface area contributed by atoms with Crippen LogP contribution in [0.3, 0.4) is 0 Å². The molecule has 6 nitrogen and oxygen atoms in total. The van der Waals surface area contributed by atoms with Gasteiger partial charge in [0.15, 0.2) is 0 Å². The zero-order valence-corrected chi connectivity index (χ0v) is 19.2. The number of nitrogens with zero attached hydrogens (tertiary/aromatic N) is 1. The second-order valence-corrected chi connectivity index (χ2v) is 11.9. The second kappa shape index (κ2) is 7.98. The van der Waals surface area contributed by atoms with Crippen LogP contribution in [0.2, 0.25) is 0 Å². The molecule has 0 bridgehead atoms. The molecule has 2 atom stereocenters. The summed E-state index contributed by atoms with van der Waals surface area (Å²) in [6, 6.07) is 9.23. The van der Waals surface area contributed by atoms with Crippen LogP contribution in [0, 0.1) is 12.8 Å². The predicted octanol–water partition coefficient (Wildman–Crippen LogP) is 3.88. The number of amides is 1. The molecule has 4 rings (SSSR count). The van der Waals surface area contributed by atoms with Crippen LogP contribution in [0.25, 0.3) is 0 Å². The summed E-state index contributed by atoms with van der Waals surface area (Å²) < 4.78 is 33.6. The summed E-state index contributed by atoms with van der Waals surface area (Å²) in [5.41, 5.74) is 1.71. The predicted molar refractivity (Wildman–Crippen MR) is 117 cm³/mol. The van der Waals surface area contributed by atoms with Crippen LogP contribution in [0.4, 0.5) is 0 Å². The number of ether oxygens (including phenoxy) is 1. The van der Waals surface area contributed by atoms with Crippen LogP contribution in [0.5, 0.6) is 5.75 Å². The van der Waals surface area contributed by atoms with Gasteiger partial charge in [0, 0.05) is 25.1 Å². The minimum atomic E-state index is -3.54. The Bertz CT molecular complexity index is 1030. The van der Waals surface area contributed by atoms with Gasteiger partial charge in [-0.05, 0) is 51.1 Å². The zero-order valence-electron chi connectivity index (χ0n) is 17.6. The van der Waals surface area contributed by atoms with Gasteiger partial charge in [0.25, 0.3) is 10.0 Å². The lowest BCUT2D eigenvalue weighted by Gasteiger charge is -2.39. The Labute approximate surface area is 182 Å². The molecule has 30 heavy (non-hydrogen) atoms. The number of aryl methyl sites for hydroxylation is 1. The number of carbonyl (C=O) groups excluding carboxylic acids is 1. The van der Waals surface area contributed by atoms with Gasteiger partial charge in [0.05, 0.1) is 12.0 Å². The topological polar surface area (TPSA) is 75.7 Å². The van der Waals surface area contributed by atoms with Gasteiger partial charge < -0.3 is 10.1 Å². The minimum absolute atomic E-state index is 0.0868. The van der Waals surface area contributed by atoms with E-state index in [9.17, 15) is 13.2 Å². The van der Waals surface area contributed by atoms with Crippen LogP contribution >= 0.6 is 11.3 Å². The fourth-order valence-electron chi connectivity index (χ4n) is 4.30. The van der Waals surface area contributed by atoms with Gasteiger partial charge in [-0.1, -0.05) is 23.8 Å². The fourth-order valence-corrected chi connectivity index (χ4v) is 6.97. The third-order valence-corrected chi connectivity index (χ3v) is 9.02. The Morgan fingerprint density at radius 1 is 1.30 bits per heavy atom. The molecule has 3 heterocycles. The highest BCUT2D eigenvalue weighted by Gasteiger charge is 2.38. The van der Waals surface area contributed by atoms with E-state index >= 15 is 0 Å². The van der Waals surface area contributed by atoms with Crippen LogP contribution in [-0.2, 0) is 14.8 Å². The molecule has 0 aliphatic carbocycles. The Balaban J connectivity index is 1.51. The minimum Gasteiger partial charge on any atom is -0.487 e. The maximum absolute atomic E-state index is 13.2. The molecule has 2 aliphatic rings. The Morgan fingerprint density at radius 2 is 2.10 bits per heavy atom. The van der Waals surface area contributed by atoms with Crippen molar-refractivity contribution in [3.63, 3.8) is 0 Å². The summed E-state index contributed by atoms with van der Waals surface area (Å²) in [6.07, 6.45) is 2.03. The van der Waals surface area contributed by atoms with Crippen molar-refractivity contribution in [3.8, 4) is 5.75 Å². The number of carbonyl (C=O) groups is 1. The molecule has 2 aliphatic heterocycles. The number of thiophene rings is 1. The average Bonchev–Trinajstić information content (AvgIpc) is 3.24. The normalized spacial score (nSPS) is 24.0. The largest absolute Gasteiger partial charge is 0.487 e. The smallest absolute Gasteiger partial charge is 0.252 e. The average molecular weight is 449 g/mol. The van der Waals surface area contributed by atoms with E-state index in [0.717, 1.165) is 16.9 Å². The number of piperidine rings is 1.